The highest BCUT2D eigenvalue weighted by atomic mass is 35.5. The van der Waals surface area contributed by atoms with Crippen LogP contribution in [0.5, 0.6) is 0 Å². The van der Waals surface area contributed by atoms with Crippen LogP contribution in [-0.2, 0) is 10.2 Å². The Balaban J connectivity index is 1.39. The van der Waals surface area contributed by atoms with Crippen molar-refractivity contribution >= 4 is 40.8 Å². The maximum absolute atomic E-state index is 13.8. The van der Waals surface area contributed by atoms with Crippen molar-refractivity contribution in [2.24, 2.45) is 0 Å². The van der Waals surface area contributed by atoms with Gasteiger partial charge in [0.1, 0.15) is 17.3 Å². The van der Waals surface area contributed by atoms with Gasteiger partial charge >= 0.3 is 5.97 Å². The molecule has 0 radical (unpaired) electrons. The zero-order valence-corrected chi connectivity index (χ0v) is 25.1. The minimum absolute atomic E-state index is 0.0369. The second-order valence-corrected chi connectivity index (χ2v) is 12.3. The molecule has 0 aliphatic carbocycles. The van der Waals surface area contributed by atoms with E-state index in [1.54, 1.807) is 19.1 Å². The van der Waals surface area contributed by atoms with Gasteiger partial charge < -0.3 is 19.4 Å². The molecule has 1 aromatic carbocycles. The molecular formula is C30H34ClFN6O3. The van der Waals surface area contributed by atoms with E-state index in [1.807, 2.05) is 50.5 Å². The van der Waals surface area contributed by atoms with Gasteiger partial charge in [-0.15, -0.1) is 0 Å². The summed E-state index contributed by atoms with van der Waals surface area (Å²) < 4.78 is 18.7. The number of benzene rings is 1. The molecule has 4 heterocycles. The molecule has 216 valence electrons. The highest BCUT2D eigenvalue weighted by molar-refractivity contribution is 6.31. The molecule has 0 saturated carbocycles. The molecule has 3 aromatic rings. The number of methoxy groups -OCH3 is 1. The van der Waals surface area contributed by atoms with E-state index in [0.717, 1.165) is 11.4 Å². The SMILES string of the molecule is COC(=O)c1c(C)cc(N2CCN(C(=O)c3cnc4c(n3)C(C)(C)CN4c3ccc(F)c(Cl)c3)C(C)(C)C2)nc1C. The molecule has 0 N–H and O–H groups in total. The Morgan fingerprint density at radius 3 is 2.41 bits per heavy atom. The van der Waals surface area contributed by atoms with E-state index < -0.39 is 22.7 Å². The maximum Gasteiger partial charge on any atom is 0.339 e. The molecule has 2 aliphatic heterocycles. The van der Waals surface area contributed by atoms with Crippen molar-refractivity contribution in [1.29, 1.82) is 0 Å². The van der Waals surface area contributed by atoms with Crippen molar-refractivity contribution in [3.8, 4) is 0 Å². The first-order chi connectivity index (χ1) is 19.2. The Hall–Kier alpha value is -3.79. The second kappa shape index (κ2) is 10.2. The van der Waals surface area contributed by atoms with Gasteiger partial charge in [0, 0.05) is 37.3 Å². The number of aryl methyl sites for hydroxylation is 2. The molecule has 1 amide bonds. The molecule has 0 unspecified atom stereocenters. The minimum Gasteiger partial charge on any atom is -0.465 e. The summed E-state index contributed by atoms with van der Waals surface area (Å²) in [5, 5.41) is 0.0369. The van der Waals surface area contributed by atoms with Crippen LogP contribution in [0.4, 0.5) is 21.7 Å². The third kappa shape index (κ3) is 5.09. The van der Waals surface area contributed by atoms with Crippen molar-refractivity contribution in [3.63, 3.8) is 0 Å². The summed E-state index contributed by atoms with van der Waals surface area (Å²) in [5.41, 5.74) is 2.65. The van der Waals surface area contributed by atoms with E-state index in [9.17, 15) is 14.0 Å². The summed E-state index contributed by atoms with van der Waals surface area (Å²) in [6, 6.07) is 6.46. The number of esters is 1. The molecule has 1 fully saturated rings. The Kier molecular flexibility index (Phi) is 7.18. The van der Waals surface area contributed by atoms with Crippen LogP contribution in [0.25, 0.3) is 0 Å². The van der Waals surface area contributed by atoms with Crippen LogP contribution < -0.4 is 9.80 Å². The van der Waals surface area contributed by atoms with Crippen LogP contribution in [0.2, 0.25) is 5.02 Å². The molecule has 9 nitrogen and oxygen atoms in total. The maximum atomic E-state index is 13.8. The fraction of sp³-hybridized carbons (Fsp3) is 0.433. The normalized spacial score (nSPS) is 17.4. The predicted octanol–water partition coefficient (Wildman–Crippen LogP) is 5.24. The Morgan fingerprint density at radius 1 is 1.05 bits per heavy atom. The topological polar surface area (TPSA) is 91.8 Å². The van der Waals surface area contributed by atoms with Crippen LogP contribution >= 0.6 is 11.6 Å². The van der Waals surface area contributed by atoms with Crippen molar-refractivity contribution in [1.82, 2.24) is 19.9 Å². The number of carbonyl (C=O) groups is 2. The Labute approximate surface area is 244 Å². The lowest BCUT2D eigenvalue weighted by Gasteiger charge is -2.47. The summed E-state index contributed by atoms with van der Waals surface area (Å²) in [7, 11) is 1.36. The van der Waals surface area contributed by atoms with Gasteiger partial charge in [-0.2, -0.15) is 0 Å². The summed E-state index contributed by atoms with van der Waals surface area (Å²) in [5.74, 6) is 0.310. The fourth-order valence-electron chi connectivity index (χ4n) is 5.80. The number of fused-ring (bicyclic) bond motifs is 1. The van der Waals surface area contributed by atoms with E-state index >= 15 is 0 Å². The van der Waals surface area contributed by atoms with E-state index in [2.05, 4.69) is 14.9 Å². The monoisotopic (exact) mass is 580 g/mol. The molecule has 1 saturated heterocycles. The van der Waals surface area contributed by atoms with Gasteiger partial charge in [-0.25, -0.2) is 24.1 Å². The van der Waals surface area contributed by atoms with Crippen molar-refractivity contribution in [2.45, 2.75) is 52.5 Å². The zero-order valence-electron chi connectivity index (χ0n) is 24.4. The number of hydrogen-bond acceptors (Lipinski definition) is 8. The van der Waals surface area contributed by atoms with Crippen molar-refractivity contribution in [3.05, 3.63) is 69.5 Å². The summed E-state index contributed by atoms with van der Waals surface area (Å²) in [6.45, 7) is 13.9. The number of pyridine rings is 1. The smallest absolute Gasteiger partial charge is 0.339 e. The number of aromatic nitrogens is 3. The highest BCUT2D eigenvalue weighted by Crippen LogP contribution is 2.42. The summed E-state index contributed by atoms with van der Waals surface area (Å²) in [6.07, 6.45) is 1.52. The molecular weight excluding hydrogens is 547 g/mol. The molecule has 5 rings (SSSR count). The molecule has 0 atom stereocenters. The van der Waals surface area contributed by atoms with Gasteiger partial charge in [-0.3, -0.25) is 4.79 Å². The van der Waals surface area contributed by atoms with E-state index in [4.69, 9.17) is 21.3 Å². The van der Waals surface area contributed by atoms with Gasteiger partial charge in [-0.05, 0) is 57.5 Å². The number of nitrogens with zero attached hydrogens (tertiary/aromatic N) is 6. The van der Waals surface area contributed by atoms with E-state index in [1.165, 1.54) is 19.4 Å². The van der Waals surface area contributed by atoms with Gasteiger partial charge in [0.05, 0.1) is 40.8 Å². The van der Waals surface area contributed by atoms with Crippen molar-refractivity contribution < 1.29 is 18.7 Å². The van der Waals surface area contributed by atoms with Crippen LogP contribution in [0.3, 0.4) is 0 Å². The summed E-state index contributed by atoms with van der Waals surface area (Å²) in [4.78, 5) is 46.1. The van der Waals surface area contributed by atoms with Gasteiger partial charge in [0.25, 0.3) is 5.91 Å². The number of halogens is 2. The number of piperazine rings is 1. The molecule has 2 aliphatic rings. The lowest BCUT2D eigenvalue weighted by Crippen LogP contribution is -2.61. The Bertz CT molecular complexity index is 1540. The average molecular weight is 581 g/mol. The number of amides is 1. The molecule has 41 heavy (non-hydrogen) atoms. The number of carbonyl (C=O) groups excluding carboxylic acids is 2. The molecule has 11 heteroatoms. The first-order valence-electron chi connectivity index (χ1n) is 13.5. The molecule has 0 spiro atoms. The van der Waals surface area contributed by atoms with Crippen LogP contribution in [0.15, 0.2) is 30.5 Å². The highest BCUT2D eigenvalue weighted by Gasteiger charge is 2.42. The van der Waals surface area contributed by atoms with Gasteiger partial charge in [0.15, 0.2) is 5.82 Å². The third-order valence-electron chi connectivity index (χ3n) is 7.88. The molecule has 2 aromatic heterocycles. The number of anilines is 3. The van der Waals surface area contributed by atoms with Crippen LogP contribution in [0.1, 0.15) is 65.5 Å². The third-order valence-corrected chi connectivity index (χ3v) is 8.17. The van der Waals surface area contributed by atoms with Gasteiger partial charge in [-0.1, -0.05) is 25.4 Å². The van der Waals surface area contributed by atoms with Gasteiger partial charge in [0.2, 0.25) is 0 Å². The Morgan fingerprint density at radius 2 is 1.78 bits per heavy atom. The molecule has 0 bridgehead atoms. The predicted molar refractivity (Wildman–Crippen MR) is 156 cm³/mol. The standard InChI is InChI=1S/C30H34ClFN6O3/c1-17-12-23(34-18(2)24(17)28(40)41-7)36-10-11-38(30(5,6)16-36)27(39)22-14-33-26-25(35-22)29(3,4)15-37(26)19-8-9-21(32)20(31)13-19/h8-9,12-14H,10-11,15-16H2,1-7H3. The van der Waals surface area contributed by atoms with Crippen LogP contribution in [0, 0.1) is 19.7 Å². The number of hydrogen-bond donors (Lipinski definition) is 0. The van der Waals surface area contributed by atoms with Crippen LogP contribution in [-0.4, -0.2) is 70.6 Å². The van der Waals surface area contributed by atoms with E-state index in [0.29, 0.717) is 54.6 Å². The summed E-state index contributed by atoms with van der Waals surface area (Å²) >= 11 is 6.05. The largest absolute Gasteiger partial charge is 0.465 e. The van der Waals surface area contributed by atoms with E-state index in [-0.39, 0.29) is 16.6 Å². The van der Waals surface area contributed by atoms with Crippen molar-refractivity contribution in [2.75, 3.05) is 43.1 Å². The first kappa shape index (κ1) is 28.7. The lowest BCUT2D eigenvalue weighted by molar-refractivity contribution is 0.0505. The lowest BCUT2D eigenvalue weighted by atomic mass is 9.92. The number of rotatable bonds is 4. The quantitative estimate of drug-likeness (QED) is 0.387. The zero-order chi connectivity index (χ0) is 29.9. The minimum atomic E-state index is -0.535. The first-order valence-corrected chi connectivity index (χ1v) is 13.8. The average Bonchev–Trinajstić information content (AvgIpc) is 3.18. The fourth-order valence-corrected chi connectivity index (χ4v) is 5.97. The second-order valence-electron chi connectivity index (χ2n) is 11.9. The number of ether oxygens (including phenoxy) is 1.